The number of nitrogens with zero attached hydrogens (tertiary/aromatic N) is 1. The molecule has 3 aromatic rings. The minimum atomic E-state index is -4.84. The van der Waals surface area contributed by atoms with E-state index in [4.69, 9.17) is 14.5 Å². The maximum atomic E-state index is 13.4. The van der Waals surface area contributed by atoms with Gasteiger partial charge in [-0.05, 0) is 55.0 Å². The van der Waals surface area contributed by atoms with Gasteiger partial charge in [0.1, 0.15) is 24.0 Å². The third-order valence-electron chi connectivity index (χ3n) is 4.53. The molecule has 0 bridgehead atoms. The van der Waals surface area contributed by atoms with Gasteiger partial charge in [-0.1, -0.05) is 0 Å². The highest BCUT2D eigenvalue weighted by atomic mass is 31.2. The summed E-state index contributed by atoms with van der Waals surface area (Å²) in [6, 6.07) is 7.74. The number of ether oxygens (including phenoxy) is 1. The van der Waals surface area contributed by atoms with Crippen LogP contribution in [0.1, 0.15) is 21.5 Å². The molecule has 0 saturated heterocycles. The summed E-state index contributed by atoms with van der Waals surface area (Å²) in [6.45, 7) is 0.730. The van der Waals surface area contributed by atoms with Crippen LogP contribution in [0, 0.1) is 12.7 Å². The highest BCUT2D eigenvalue weighted by Gasteiger charge is 2.32. The van der Waals surface area contributed by atoms with Crippen molar-refractivity contribution in [1.82, 2.24) is 4.57 Å². The molecular weight excluding hydrogens is 499 g/mol. The second-order valence-corrected chi connectivity index (χ2v) is 8.39. The SMILES string of the molecule is Cc1cc(F)ccc1Oc1ccc(C(F)(F)F)cc1C(=O)Nc1ccn(COP(=O)(O)O)c(=O)c1. The molecule has 2 aromatic carbocycles. The van der Waals surface area contributed by atoms with Crippen molar-refractivity contribution in [3.63, 3.8) is 0 Å². The minimum Gasteiger partial charge on any atom is -0.456 e. The molecule has 9 nitrogen and oxygen atoms in total. The first kappa shape index (κ1) is 26.1. The zero-order valence-corrected chi connectivity index (χ0v) is 18.6. The average Bonchev–Trinajstić information content (AvgIpc) is 2.74. The topological polar surface area (TPSA) is 127 Å². The van der Waals surface area contributed by atoms with Crippen molar-refractivity contribution in [2.45, 2.75) is 19.8 Å². The number of aromatic nitrogens is 1. The van der Waals surface area contributed by atoms with E-state index in [2.05, 4.69) is 9.84 Å². The Balaban J connectivity index is 1.91. The number of phosphoric acid groups is 1. The standard InChI is InChI=1S/C21H17F4N2O7P/c1-12-8-14(22)3-5-17(12)34-18-4-2-13(21(23,24)25)9-16(18)20(29)26-15-6-7-27(19(28)10-15)11-33-35(30,31)32/h2-10H,11H2,1H3,(H,26,29)(H2,30,31,32). The third kappa shape index (κ3) is 6.99. The van der Waals surface area contributed by atoms with Crippen LogP contribution in [0.2, 0.25) is 0 Å². The van der Waals surface area contributed by atoms with Crippen LogP contribution in [0.3, 0.4) is 0 Å². The first-order valence-corrected chi connectivity index (χ1v) is 11.1. The number of rotatable bonds is 7. The number of amides is 1. The van der Waals surface area contributed by atoms with E-state index in [1.54, 1.807) is 0 Å². The van der Waals surface area contributed by atoms with Crippen LogP contribution < -0.4 is 15.6 Å². The first-order chi connectivity index (χ1) is 16.2. The molecule has 0 aliphatic rings. The number of carbonyl (C=O) groups is 1. The maximum Gasteiger partial charge on any atom is 0.471 e. The molecule has 0 aliphatic heterocycles. The fourth-order valence-corrected chi connectivity index (χ4v) is 3.12. The number of hydrogen-bond acceptors (Lipinski definition) is 5. The molecule has 186 valence electrons. The molecule has 0 unspecified atom stereocenters. The summed E-state index contributed by atoms with van der Waals surface area (Å²) in [5, 5.41) is 2.27. The highest BCUT2D eigenvalue weighted by molar-refractivity contribution is 7.46. The molecule has 1 heterocycles. The van der Waals surface area contributed by atoms with E-state index < -0.39 is 49.1 Å². The molecule has 3 N–H and O–H groups in total. The molecule has 1 aromatic heterocycles. The quantitative estimate of drug-likeness (QED) is 0.313. The van der Waals surface area contributed by atoms with Crippen molar-refractivity contribution >= 4 is 19.4 Å². The molecule has 0 saturated carbocycles. The molecule has 1 amide bonds. The van der Waals surface area contributed by atoms with E-state index in [-0.39, 0.29) is 17.2 Å². The Kier molecular flexibility index (Phi) is 7.46. The lowest BCUT2D eigenvalue weighted by atomic mass is 10.1. The number of halogens is 4. The number of carbonyl (C=O) groups excluding carboxylic acids is 1. The summed E-state index contributed by atoms with van der Waals surface area (Å²) < 4.78 is 74.5. The monoisotopic (exact) mass is 516 g/mol. The maximum absolute atomic E-state index is 13.4. The normalized spacial score (nSPS) is 11.9. The Morgan fingerprint density at radius 1 is 1.09 bits per heavy atom. The van der Waals surface area contributed by atoms with Crippen LogP contribution in [-0.4, -0.2) is 20.3 Å². The summed E-state index contributed by atoms with van der Waals surface area (Å²) in [7, 11) is -4.84. The summed E-state index contributed by atoms with van der Waals surface area (Å²) in [5.41, 5.74) is -2.25. The second-order valence-electron chi connectivity index (χ2n) is 7.15. The second kappa shape index (κ2) is 10.0. The van der Waals surface area contributed by atoms with Crippen LogP contribution >= 0.6 is 7.82 Å². The van der Waals surface area contributed by atoms with Gasteiger partial charge in [0.25, 0.3) is 11.5 Å². The van der Waals surface area contributed by atoms with Gasteiger partial charge >= 0.3 is 14.0 Å². The van der Waals surface area contributed by atoms with Crippen molar-refractivity contribution < 1.29 is 46.0 Å². The smallest absolute Gasteiger partial charge is 0.456 e. The van der Waals surface area contributed by atoms with Crippen LogP contribution in [0.4, 0.5) is 23.2 Å². The van der Waals surface area contributed by atoms with Crippen molar-refractivity contribution in [3.8, 4) is 11.5 Å². The fourth-order valence-electron chi connectivity index (χ4n) is 2.85. The molecule has 0 fully saturated rings. The Morgan fingerprint density at radius 3 is 2.37 bits per heavy atom. The van der Waals surface area contributed by atoms with Crippen molar-refractivity contribution in [2.24, 2.45) is 0 Å². The Morgan fingerprint density at radius 2 is 1.77 bits per heavy atom. The number of pyridine rings is 1. The number of phosphoric ester groups is 1. The molecular formula is C21H17F4N2O7P. The molecule has 14 heteroatoms. The minimum absolute atomic E-state index is 0.105. The van der Waals surface area contributed by atoms with Gasteiger partial charge in [-0.15, -0.1) is 0 Å². The van der Waals surface area contributed by atoms with Crippen LogP contribution in [0.25, 0.3) is 0 Å². The van der Waals surface area contributed by atoms with E-state index in [1.807, 2.05) is 0 Å². The summed E-state index contributed by atoms with van der Waals surface area (Å²) in [6.07, 6.45) is -3.71. The predicted octanol–water partition coefficient (Wildman–Crippen LogP) is 4.43. The molecule has 35 heavy (non-hydrogen) atoms. The number of alkyl halides is 3. The zero-order chi connectivity index (χ0) is 26.0. The van der Waals surface area contributed by atoms with E-state index in [0.29, 0.717) is 17.7 Å². The Hall–Kier alpha value is -3.51. The molecule has 3 rings (SSSR count). The lowest BCUT2D eigenvalue weighted by molar-refractivity contribution is -0.137. The van der Waals surface area contributed by atoms with Crippen molar-refractivity contribution in [1.29, 1.82) is 0 Å². The summed E-state index contributed by atoms with van der Waals surface area (Å²) in [5.74, 6) is -1.75. The summed E-state index contributed by atoms with van der Waals surface area (Å²) in [4.78, 5) is 42.4. The van der Waals surface area contributed by atoms with E-state index in [1.165, 1.54) is 19.1 Å². The van der Waals surface area contributed by atoms with Gasteiger partial charge in [-0.25, -0.2) is 8.96 Å². The van der Waals surface area contributed by atoms with Gasteiger partial charge in [-0.2, -0.15) is 13.2 Å². The van der Waals surface area contributed by atoms with Gasteiger partial charge in [0.15, 0.2) is 0 Å². The predicted molar refractivity (Wildman–Crippen MR) is 114 cm³/mol. The average molecular weight is 516 g/mol. The van der Waals surface area contributed by atoms with E-state index in [9.17, 15) is 31.7 Å². The molecule has 0 aliphatic carbocycles. The number of benzene rings is 2. The molecule has 0 spiro atoms. The highest BCUT2D eigenvalue weighted by Crippen LogP contribution is 2.36. The van der Waals surface area contributed by atoms with Crippen LogP contribution in [0.5, 0.6) is 11.5 Å². The van der Waals surface area contributed by atoms with Crippen molar-refractivity contribution in [3.05, 3.63) is 87.6 Å². The molecule has 0 radical (unpaired) electrons. The van der Waals surface area contributed by atoms with Crippen molar-refractivity contribution in [2.75, 3.05) is 5.32 Å². The lowest BCUT2D eigenvalue weighted by Crippen LogP contribution is -2.22. The number of nitrogens with one attached hydrogen (secondary N) is 1. The zero-order valence-electron chi connectivity index (χ0n) is 17.7. The Bertz CT molecular complexity index is 1370. The third-order valence-corrected chi connectivity index (χ3v) is 4.98. The van der Waals surface area contributed by atoms with Gasteiger partial charge in [0.05, 0.1) is 11.1 Å². The van der Waals surface area contributed by atoms with Gasteiger partial charge in [-0.3, -0.25) is 18.7 Å². The largest absolute Gasteiger partial charge is 0.471 e. The van der Waals surface area contributed by atoms with Crippen LogP contribution in [-0.2, 0) is 22.0 Å². The molecule has 0 atom stereocenters. The van der Waals surface area contributed by atoms with Gasteiger partial charge in [0.2, 0.25) is 0 Å². The number of hydrogen-bond donors (Lipinski definition) is 3. The van der Waals surface area contributed by atoms with Gasteiger partial charge in [0, 0.05) is 18.0 Å². The fraction of sp³-hybridized carbons (Fsp3) is 0.143. The number of aryl methyl sites for hydroxylation is 1. The first-order valence-electron chi connectivity index (χ1n) is 9.60. The van der Waals surface area contributed by atoms with E-state index in [0.717, 1.165) is 35.0 Å². The Labute approximate surface area is 194 Å². The summed E-state index contributed by atoms with van der Waals surface area (Å²) >= 11 is 0. The van der Waals surface area contributed by atoms with E-state index >= 15 is 0 Å². The van der Waals surface area contributed by atoms with Gasteiger partial charge < -0.3 is 19.8 Å². The lowest BCUT2D eigenvalue weighted by Gasteiger charge is -2.16. The number of anilines is 1. The van der Waals surface area contributed by atoms with Crippen LogP contribution in [0.15, 0.2) is 59.5 Å².